The first-order valence-corrected chi connectivity index (χ1v) is 9.49. The van der Waals surface area contributed by atoms with Gasteiger partial charge in [0.25, 0.3) is 0 Å². The lowest BCUT2D eigenvalue weighted by molar-refractivity contribution is -0.0109. The van der Waals surface area contributed by atoms with Gasteiger partial charge >= 0.3 is 6.09 Å². The Kier molecular flexibility index (Phi) is 6.41. The number of rotatable bonds is 6. The largest absolute Gasteiger partial charge is 0.491 e. The van der Waals surface area contributed by atoms with E-state index >= 15 is 0 Å². The summed E-state index contributed by atoms with van der Waals surface area (Å²) in [7, 11) is 0. The second-order valence-corrected chi connectivity index (χ2v) is 7.23. The maximum absolute atomic E-state index is 11.7. The van der Waals surface area contributed by atoms with Crippen LogP contribution in [0.25, 0.3) is 0 Å². The Morgan fingerprint density at radius 1 is 1.36 bits per heavy atom. The van der Waals surface area contributed by atoms with E-state index in [4.69, 9.17) is 10.00 Å². The number of benzene rings is 1. The maximum atomic E-state index is 11.7. The summed E-state index contributed by atoms with van der Waals surface area (Å²) in [6, 6.07) is 8.84. The number of ether oxygens (including phenoxy) is 1. The SMILES string of the molecule is CC#CCC1C2CCC(CN1C(=O)O)N2C[C@H](O)COc1ccc(C#N)cc1. The summed E-state index contributed by atoms with van der Waals surface area (Å²) in [6.45, 7) is 2.79. The van der Waals surface area contributed by atoms with Crippen LogP contribution in [0, 0.1) is 23.2 Å². The van der Waals surface area contributed by atoms with E-state index in [2.05, 4.69) is 22.8 Å². The predicted molar refractivity (Wildman–Crippen MR) is 103 cm³/mol. The first-order chi connectivity index (χ1) is 13.5. The Hall–Kier alpha value is -2.74. The van der Waals surface area contributed by atoms with E-state index in [0.717, 1.165) is 12.8 Å². The molecule has 3 unspecified atom stereocenters. The van der Waals surface area contributed by atoms with E-state index in [1.54, 1.807) is 31.2 Å². The first-order valence-electron chi connectivity index (χ1n) is 9.49. The van der Waals surface area contributed by atoms with Crippen molar-refractivity contribution in [2.45, 2.75) is 50.4 Å². The van der Waals surface area contributed by atoms with Gasteiger partial charge in [-0.25, -0.2) is 4.79 Å². The van der Waals surface area contributed by atoms with Crippen LogP contribution < -0.4 is 4.74 Å². The zero-order valence-electron chi connectivity index (χ0n) is 15.9. The summed E-state index contributed by atoms with van der Waals surface area (Å²) in [4.78, 5) is 15.4. The van der Waals surface area contributed by atoms with Crippen molar-refractivity contribution >= 4 is 6.09 Å². The van der Waals surface area contributed by atoms with Crippen LogP contribution in [-0.2, 0) is 0 Å². The van der Waals surface area contributed by atoms with E-state index in [9.17, 15) is 15.0 Å². The van der Waals surface area contributed by atoms with Gasteiger partial charge in [0.15, 0.2) is 0 Å². The van der Waals surface area contributed by atoms with Crippen molar-refractivity contribution in [2.24, 2.45) is 0 Å². The van der Waals surface area contributed by atoms with E-state index in [-0.39, 0.29) is 24.7 Å². The normalized spacial score (nSPS) is 24.8. The fraction of sp³-hybridized carbons (Fsp3) is 0.524. The van der Waals surface area contributed by atoms with E-state index in [1.807, 2.05) is 0 Å². The zero-order valence-corrected chi connectivity index (χ0v) is 15.9. The Morgan fingerprint density at radius 2 is 2.11 bits per heavy atom. The molecule has 2 bridgehead atoms. The number of likely N-dealkylation sites (tertiary alicyclic amines) is 1. The number of piperazine rings is 1. The molecular weight excluding hydrogens is 358 g/mol. The molecule has 0 spiro atoms. The third kappa shape index (κ3) is 4.39. The van der Waals surface area contributed by atoms with Gasteiger partial charge in [0.1, 0.15) is 18.5 Å². The summed E-state index contributed by atoms with van der Waals surface area (Å²) < 4.78 is 5.64. The number of carbonyl (C=O) groups is 1. The smallest absolute Gasteiger partial charge is 0.407 e. The number of amides is 1. The molecule has 2 heterocycles. The molecule has 28 heavy (non-hydrogen) atoms. The molecule has 0 aromatic heterocycles. The topological polar surface area (TPSA) is 97.0 Å². The third-order valence-electron chi connectivity index (χ3n) is 5.52. The van der Waals surface area contributed by atoms with Gasteiger partial charge in [-0.15, -0.1) is 11.8 Å². The molecule has 3 rings (SSSR count). The van der Waals surface area contributed by atoms with Crippen molar-refractivity contribution in [2.75, 3.05) is 19.7 Å². The number of nitriles is 1. The molecule has 2 aliphatic heterocycles. The lowest BCUT2D eigenvalue weighted by Crippen LogP contribution is -2.62. The van der Waals surface area contributed by atoms with Gasteiger partial charge < -0.3 is 19.8 Å². The summed E-state index contributed by atoms with van der Waals surface area (Å²) in [5.74, 6) is 6.49. The molecule has 2 saturated heterocycles. The summed E-state index contributed by atoms with van der Waals surface area (Å²) in [6.07, 6.45) is 0.757. The number of hydrogen-bond donors (Lipinski definition) is 2. The summed E-state index contributed by atoms with van der Waals surface area (Å²) in [5, 5.41) is 28.9. The van der Waals surface area contributed by atoms with Crippen LogP contribution in [-0.4, -0.2) is 70.0 Å². The summed E-state index contributed by atoms with van der Waals surface area (Å²) >= 11 is 0. The van der Waals surface area contributed by atoms with Crippen molar-refractivity contribution in [3.05, 3.63) is 29.8 Å². The lowest BCUT2D eigenvalue weighted by atomic mass is 9.99. The molecule has 4 atom stereocenters. The van der Waals surface area contributed by atoms with Crippen molar-refractivity contribution in [1.82, 2.24) is 9.80 Å². The standard InChI is InChI=1S/C21H25N3O4/c1-2-3-4-19-20-10-7-16(12-24(19)21(26)27)23(20)13-17(25)14-28-18-8-5-15(11-22)6-9-18/h5-6,8-9,16-17,19-20,25H,4,7,10,12-14H2,1H3,(H,26,27)/t16?,17-,19?,20?/m0/s1. The van der Waals surface area contributed by atoms with E-state index in [0.29, 0.717) is 30.8 Å². The molecule has 7 nitrogen and oxygen atoms in total. The molecule has 7 heteroatoms. The molecule has 1 aromatic rings. The second-order valence-electron chi connectivity index (χ2n) is 7.23. The highest BCUT2D eigenvalue weighted by Crippen LogP contribution is 2.35. The Morgan fingerprint density at radius 3 is 2.75 bits per heavy atom. The fourth-order valence-corrected chi connectivity index (χ4v) is 4.22. The van der Waals surface area contributed by atoms with Gasteiger partial charge in [0, 0.05) is 31.6 Å². The van der Waals surface area contributed by atoms with Crippen LogP contribution in [0.5, 0.6) is 5.75 Å². The second kappa shape index (κ2) is 8.97. The van der Waals surface area contributed by atoms with Crippen molar-refractivity contribution < 1.29 is 19.7 Å². The molecule has 0 radical (unpaired) electrons. The van der Waals surface area contributed by atoms with Gasteiger partial charge in [0.05, 0.1) is 17.7 Å². The highest BCUT2D eigenvalue weighted by Gasteiger charge is 2.47. The molecule has 2 N–H and O–H groups in total. The summed E-state index contributed by atoms with van der Waals surface area (Å²) in [5.41, 5.74) is 0.557. The van der Waals surface area contributed by atoms with Crippen LogP contribution in [0.1, 0.15) is 31.7 Å². The Labute approximate surface area is 165 Å². The molecule has 1 amide bonds. The van der Waals surface area contributed by atoms with Crippen LogP contribution in [0.15, 0.2) is 24.3 Å². The minimum Gasteiger partial charge on any atom is -0.491 e. The maximum Gasteiger partial charge on any atom is 0.407 e. The number of aliphatic hydroxyl groups excluding tert-OH is 1. The Balaban J connectivity index is 1.60. The number of carboxylic acid groups (broad SMARTS) is 1. The third-order valence-corrected chi connectivity index (χ3v) is 5.52. The molecule has 1 aromatic carbocycles. The van der Waals surface area contributed by atoms with Crippen molar-refractivity contribution in [3.8, 4) is 23.7 Å². The number of hydrogen-bond acceptors (Lipinski definition) is 5. The molecular formula is C21H25N3O4. The van der Waals surface area contributed by atoms with E-state index < -0.39 is 12.2 Å². The Bertz CT molecular complexity index is 793. The number of aliphatic hydroxyl groups is 1. The molecule has 0 saturated carbocycles. The highest BCUT2D eigenvalue weighted by molar-refractivity contribution is 5.66. The van der Waals surface area contributed by atoms with Crippen LogP contribution >= 0.6 is 0 Å². The fourth-order valence-electron chi connectivity index (χ4n) is 4.22. The van der Waals surface area contributed by atoms with E-state index in [1.165, 1.54) is 4.90 Å². The van der Waals surface area contributed by atoms with Gasteiger partial charge in [-0.2, -0.15) is 5.26 Å². The van der Waals surface area contributed by atoms with Crippen molar-refractivity contribution in [1.29, 1.82) is 5.26 Å². The molecule has 2 fully saturated rings. The number of nitrogens with zero attached hydrogens (tertiary/aromatic N) is 3. The minimum atomic E-state index is -0.899. The lowest BCUT2D eigenvalue weighted by Gasteiger charge is -2.45. The molecule has 148 valence electrons. The monoisotopic (exact) mass is 383 g/mol. The van der Waals surface area contributed by atoms with Crippen LogP contribution in [0.3, 0.4) is 0 Å². The predicted octanol–water partition coefficient (Wildman–Crippen LogP) is 1.91. The molecule has 0 aliphatic carbocycles. The first kappa shape index (κ1) is 20.0. The van der Waals surface area contributed by atoms with Crippen LogP contribution in [0.2, 0.25) is 0 Å². The average molecular weight is 383 g/mol. The molecule has 2 aliphatic rings. The van der Waals surface area contributed by atoms with Gasteiger partial charge in [0.2, 0.25) is 0 Å². The minimum absolute atomic E-state index is 0.0697. The van der Waals surface area contributed by atoms with Gasteiger partial charge in [-0.1, -0.05) is 0 Å². The van der Waals surface area contributed by atoms with Gasteiger partial charge in [-0.3, -0.25) is 4.90 Å². The quantitative estimate of drug-likeness (QED) is 0.729. The van der Waals surface area contributed by atoms with Gasteiger partial charge in [-0.05, 0) is 44.0 Å². The van der Waals surface area contributed by atoms with Crippen molar-refractivity contribution in [3.63, 3.8) is 0 Å². The average Bonchev–Trinajstić information content (AvgIpc) is 2.97. The van der Waals surface area contributed by atoms with Crippen LogP contribution in [0.4, 0.5) is 4.79 Å². The highest BCUT2D eigenvalue weighted by atomic mass is 16.5. The number of fused-ring (bicyclic) bond motifs is 2. The zero-order chi connectivity index (χ0) is 20.1.